The number of ether oxygens (including phenoxy) is 1. The molecule has 0 radical (unpaired) electrons. The predicted molar refractivity (Wildman–Crippen MR) is 78.4 cm³/mol. The van der Waals surface area contributed by atoms with E-state index in [0.717, 1.165) is 5.56 Å². The fraction of sp³-hybridized carbons (Fsp3) is 0.133. The van der Waals surface area contributed by atoms with Crippen LogP contribution in [0.4, 0.5) is 11.4 Å². The average Bonchev–Trinajstić information content (AvgIpc) is 2.48. The summed E-state index contributed by atoms with van der Waals surface area (Å²) in [4.78, 5) is 21.8. The number of amides is 1. The van der Waals surface area contributed by atoms with Gasteiger partial charge in [-0.2, -0.15) is 0 Å². The SMILES string of the molecule is Cc1ccc(NC(=O)COc2cccc([N+](=O)[O-])c2)cc1. The van der Waals surface area contributed by atoms with E-state index in [1.165, 1.54) is 18.2 Å². The molecule has 2 rings (SSSR count). The van der Waals surface area contributed by atoms with Crippen LogP contribution in [0, 0.1) is 17.0 Å². The van der Waals surface area contributed by atoms with Crippen molar-refractivity contribution in [3.05, 3.63) is 64.2 Å². The summed E-state index contributed by atoms with van der Waals surface area (Å²) in [6, 6.07) is 13.1. The Morgan fingerprint density at radius 2 is 1.95 bits per heavy atom. The van der Waals surface area contributed by atoms with Gasteiger partial charge in [0.25, 0.3) is 11.6 Å². The van der Waals surface area contributed by atoms with Crippen LogP contribution in [0.25, 0.3) is 0 Å². The van der Waals surface area contributed by atoms with Crippen LogP contribution in [0.5, 0.6) is 5.75 Å². The Morgan fingerprint density at radius 3 is 2.62 bits per heavy atom. The fourth-order valence-corrected chi connectivity index (χ4v) is 1.67. The predicted octanol–water partition coefficient (Wildman–Crippen LogP) is 2.92. The highest BCUT2D eigenvalue weighted by Crippen LogP contribution is 2.19. The number of rotatable bonds is 5. The molecule has 0 bridgehead atoms. The number of nitro groups is 1. The number of hydrogen-bond acceptors (Lipinski definition) is 4. The molecule has 1 N–H and O–H groups in total. The molecule has 0 aromatic heterocycles. The van der Waals surface area contributed by atoms with E-state index in [0.29, 0.717) is 5.69 Å². The molecule has 0 aliphatic carbocycles. The zero-order valence-electron chi connectivity index (χ0n) is 11.4. The van der Waals surface area contributed by atoms with Gasteiger partial charge in [0.05, 0.1) is 11.0 Å². The van der Waals surface area contributed by atoms with Crippen molar-refractivity contribution in [2.75, 3.05) is 11.9 Å². The van der Waals surface area contributed by atoms with Gasteiger partial charge in [-0.25, -0.2) is 0 Å². The van der Waals surface area contributed by atoms with Gasteiger partial charge in [-0.15, -0.1) is 0 Å². The topological polar surface area (TPSA) is 81.5 Å². The summed E-state index contributed by atoms with van der Waals surface area (Å²) >= 11 is 0. The van der Waals surface area contributed by atoms with E-state index in [2.05, 4.69) is 5.32 Å². The van der Waals surface area contributed by atoms with Gasteiger partial charge in [0.1, 0.15) is 5.75 Å². The summed E-state index contributed by atoms with van der Waals surface area (Å²) in [6.07, 6.45) is 0. The molecule has 0 aliphatic heterocycles. The van der Waals surface area contributed by atoms with Gasteiger partial charge >= 0.3 is 0 Å². The third-order valence-electron chi connectivity index (χ3n) is 2.73. The Kier molecular flexibility index (Phi) is 4.50. The summed E-state index contributed by atoms with van der Waals surface area (Å²) < 4.78 is 5.24. The van der Waals surface area contributed by atoms with Crippen molar-refractivity contribution in [3.8, 4) is 5.75 Å². The smallest absolute Gasteiger partial charge is 0.273 e. The van der Waals surface area contributed by atoms with Gasteiger partial charge in [-0.1, -0.05) is 23.8 Å². The Hall–Kier alpha value is -2.89. The maximum atomic E-state index is 11.7. The quantitative estimate of drug-likeness (QED) is 0.676. The number of carbonyl (C=O) groups is 1. The van der Waals surface area contributed by atoms with Gasteiger partial charge in [0.2, 0.25) is 0 Å². The van der Waals surface area contributed by atoms with Gasteiger partial charge in [0.15, 0.2) is 6.61 Å². The third kappa shape index (κ3) is 4.31. The van der Waals surface area contributed by atoms with Crippen molar-refractivity contribution in [1.82, 2.24) is 0 Å². The van der Waals surface area contributed by atoms with Crippen molar-refractivity contribution in [2.45, 2.75) is 6.92 Å². The Balaban J connectivity index is 1.90. The summed E-state index contributed by atoms with van der Waals surface area (Å²) in [7, 11) is 0. The molecule has 0 saturated carbocycles. The molecule has 0 atom stereocenters. The summed E-state index contributed by atoms with van der Waals surface area (Å²) in [6.45, 7) is 1.74. The lowest BCUT2D eigenvalue weighted by atomic mass is 10.2. The van der Waals surface area contributed by atoms with E-state index in [-0.39, 0.29) is 24.0 Å². The van der Waals surface area contributed by atoms with E-state index >= 15 is 0 Å². The van der Waals surface area contributed by atoms with E-state index in [1.807, 2.05) is 19.1 Å². The summed E-state index contributed by atoms with van der Waals surface area (Å²) in [5.74, 6) is -0.0476. The largest absolute Gasteiger partial charge is 0.484 e. The molecule has 6 nitrogen and oxygen atoms in total. The number of carbonyl (C=O) groups excluding carboxylic acids is 1. The molecule has 0 aliphatic rings. The van der Waals surface area contributed by atoms with E-state index in [1.54, 1.807) is 18.2 Å². The summed E-state index contributed by atoms with van der Waals surface area (Å²) in [5, 5.41) is 13.3. The standard InChI is InChI=1S/C15H14N2O4/c1-11-5-7-12(8-6-11)16-15(18)10-21-14-4-2-3-13(9-14)17(19)20/h2-9H,10H2,1H3,(H,16,18). The lowest BCUT2D eigenvalue weighted by Gasteiger charge is -2.07. The maximum Gasteiger partial charge on any atom is 0.273 e. The Bertz CT molecular complexity index is 653. The number of hydrogen-bond donors (Lipinski definition) is 1. The molecule has 0 heterocycles. The molecule has 21 heavy (non-hydrogen) atoms. The van der Waals surface area contributed by atoms with E-state index in [9.17, 15) is 14.9 Å². The first-order chi connectivity index (χ1) is 10.0. The van der Waals surface area contributed by atoms with Gasteiger partial charge in [-0.3, -0.25) is 14.9 Å². The van der Waals surface area contributed by atoms with Crippen molar-refractivity contribution >= 4 is 17.3 Å². The number of nitrogens with zero attached hydrogens (tertiary/aromatic N) is 1. The maximum absolute atomic E-state index is 11.7. The van der Waals surface area contributed by atoms with Crippen LogP contribution in [-0.4, -0.2) is 17.4 Å². The first kappa shape index (κ1) is 14.5. The molecule has 108 valence electrons. The molecular formula is C15H14N2O4. The van der Waals surface area contributed by atoms with Crippen molar-refractivity contribution in [2.24, 2.45) is 0 Å². The van der Waals surface area contributed by atoms with Gasteiger partial charge in [0, 0.05) is 11.8 Å². The van der Waals surface area contributed by atoms with E-state index in [4.69, 9.17) is 4.74 Å². The Labute approximate surface area is 121 Å². The van der Waals surface area contributed by atoms with Crippen LogP contribution < -0.4 is 10.1 Å². The van der Waals surface area contributed by atoms with Crippen molar-refractivity contribution in [3.63, 3.8) is 0 Å². The highest BCUT2D eigenvalue weighted by atomic mass is 16.6. The monoisotopic (exact) mass is 286 g/mol. The number of aryl methyl sites for hydroxylation is 1. The Morgan fingerprint density at radius 1 is 1.24 bits per heavy atom. The second kappa shape index (κ2) is 6.51. The molecule has 0 saturated heterocycles. The highest BCUT2D eigenvalue weighted by molar-refractivity contribution is 5.91. The third-order valence-corrected chi connectivity index (χ3v) is 2.73. The van der Waals surface area contributed by atoms with Crippen molar-refractivity contribution in [1.29, 1.82) is 0 Å². The molecule has 0 unspecified atom stereocenters. The first-order valence-corrected chi connectivity index (χ1v) is 6.28. The number of benzene rings is 2. The average molecular weight is 286 g/mol. The molecular weight excluding hydrogens is 272 g/mol. The zero-order chi connectivity index (χ0) is 15.2. The van der Waals surface area contributed by atoms with Crippen molar-refractivity contribution < 1.29 is 14.5 Å². The molecule has 0 fully saturated rings. The van der Waals surface area contributed by atoms with E-state index < -0.39 is 4.92 Å². The highest BCUT2D eigenvalue weighted by Gasteiger charge is 2.08. The number of nitrogens with one attached hydrogen (secondary N) is 1. The van der Waals surface area contributed by atoms with Crippen LogP contribution in [0.3, 0.4) is 0 Å². The number of anilines is 1. The van der Waals surface area contributed by atoms with Crippen LogP contribution >= 0.6 is 0 Å². The fourth-order valence-electron chi connectivity index (χ4n) is 1.67. The van der Waals surface area contributed by atoms with Gasteiger partial charge in [-0.05, 0) is 25.1 Å². The molecule has 2 aromatic carbocycles. The van der Waals surface area contributed by atoms with Gasteiger partial charge < -0.3 is 10.1 Å². The lowest BCUT2D eigenvalue weighted by molar-refractivity contribution is -0.384. The summed E-state index contributed by atoms with van der Waals surface area (Å²) in [5.41, 5.74) is 1.69. The number of nitro benzene ring substituents is 1. The lowest BCUT2D eigenvalue weighted by Crippen LogP contribution is -2.20. The molecule has 6 heteroatoms. The molecule has 0 spiro atoms. The zero-order valence-corrected chi connectivity index (χ0v) is 11.4. The second-order valence-electron chi connectivity index (χ2n) is 4.46. The first-order valence-electron chi connectivity index (χ1n) is 6.28. The minimum atomic E-state index is -0.515. The van der Waals surface area contributed by atoms with Crippen LogP contribution in [0.2, 0.25) is 0 Å². The minimum Gasteiger partial charge on any atom is -0.484 e. The number of non-ortho nitro benzene ring substituents is 1. The second-order valence-corrected chi connectivity index (χ2v) is 4.46. The van der Waals surface area contributed by atoms with Crippen LogP contribution in [0.1, 0.15) is 5.56 Å². The van der Waals surface area contributed by atoms with Crippen LogP contribution in [0.15, 0.2) is 48.5 Å². The molecule has 1 amide bonds. The normalized spacial score (nSPS) is 9.95. The minimum absolute atomic E-state index is 0.0774. The molecule has 2 aromatic rings. The van der Waals surface area contributed by atoms with Crippen LogP contribution in [-0.2, 0) is 4.79 Å².